The molecular weight excluding hydrogens is 264 g/mol. The molecule has 0 amide bonds. The quantitative estimate of drug-likeness (QED) is 0.324. The van der Waals surface area contributed by atoms with Gasteiger partial charge >= 0.3 is 6.16 Å². The molecule has 3 heteroatoms. The molecule has 0 heterocycles. The van der Waals surface area contributed by atoms with Crippen molar-refractivity contribution in [3.8, 4) is 5.75 Å². The van der Waals surface area contributed by atoms with Gasteiger partial charge in [-0.05, 0) is 37.0 Å². The van der Waals surface area contributed by atoms with Crippen LogP contribution in [0.25, 0.3) is 0 Å². The number of carbonyl (C=O) groups excluding carboxylic acids is 1. The van der Waals surface area contributed by atoms with Crippen molar-refractivity contribution < 1.29 is 14.3 Å². The first-order chi connectivity index (χ1) is 10.3. The van der Waals surface area contributed by atoms with Gasteiger partial charge in [-0.25, -0.2) is 4.79 Å². The van der Waals surface area contributed by atoms with Crippen LogP contribution in [0.3, 0.4) is 0 Å². The summed E-state index contributed by atoms with van der Waals surface area (Å²) in [5.41, 5.74) is 1.27. The van der Waals surface area contributed by atoms with Crippen molar-refractivity contribution in [3.05, 3.63) is 29.8 Å². The van der Waals surface area contributed by atoms with E-state index in [0.29, 0.717) is 12.4 Å². The monoisotopic (exact) mass is 292 g/mol. The number of carbonyl (C=O) groups is 1. The molecular formula is C18H28O3. The molecule has 0 N–H and O–H groups in total. The fraction of sp³-hybridized carbons (Fsp3) is 0.611. The number of unbranched alkanes of at least 4 members (excludes halogenated alkanes) is 5. The van der Waals surface area contributed by atoms with E-state index in [2.05, 4.69) is 13.8 Å². The molecule has 0 bridgehead atoms. The minimum Gasteiger partial charge on any atom is -0.434 e. The number of hydrogen-bond donors (Lipinski definition) is 0. The van der Waals surface area contributed by atoms with E-state index in [1.165, 1.54) is 37.7 Å². The highest BCUT2D eigenvalue weighted by atomic mass is 16.7. The van der Waals surface area contributed by atoms with Gasteiger partial charge in [-0.2, -0.15) is 0 Å². The lowest BCUT2D eigenvalue weighted by molar-refractivity contribution is 0.0973. The predicted molar refractivity (Wildman–Crippen MR) is 85.8 cm³/mol. The molecule has 0 aliphatic carbocycles. The van der Waals surface area contributed by atoms with Crippen molar-refractivity contribution in [2.75, 3.05) is 6.61 Å². The van der Waals surface area contributed by atoms with Crippen molar-refractivity contribution in [1.29, 1.82) is 0 Å². The molecule has 1 aromatic carbocycles. The molecule has 0 atom stereocenters. The van der Waals surface area contributed by atoms with Crippen LogP contribution in [-0.4, -0.2) is 12.8 Å². The van der Waals surface area contributed by atoms with E-state index in [1.807, 2.05) is 24.3 Å². The summed E-state index contributed by atoms with van der Waals surface area (Å²) in [5.74, 6) is 0.547. The zero-order chi connectivity index (χ0) is 15.3. The first-order valence-corrected chi connectivity index (χ1v) is 8.19. The second kappa shape index (κ2) is 11.2. The lowest BCUT2D eigenvalue weighted by Gasteiger charge is -2.06. The summed E-state index contributed by atoms with van der Waals surface area (Å²) >= 11 is 0. The summed E-state index contributed by atoms with van der Waals surface area (Å²) in [5, 5.41) is 0. The van der Waals surface area contributed by atoms with Crippen molar-refractivity contribution in [2.24, 2.45) is 0 Å². The van der Waals surface area contributed by atoms with E-state index >= 15 is 0 Å². The maximum atomic E-state index is 11.5. The molecule has 0 aromatic heterocycles. The first-order valence-electron chi connectivity index (χ1n) is 8.19. The minimum atomic E-state index is -0.605. The number of aryl methyl sites for hydroxylation is 1. The zero-order valence-corrected chi connectivity index (χ0v) is 13.4. The van der Waals surface area contributed by atoms with Crippen LogP contribution >= 0.6 is 0 Å². The van der Waals surface area contributed by atoms with E-state index in [1.54, 1.807) is 0 Å². The fourth-order valence-electron chi connectivity index (χ4n) is 2.09. The molecule has 0 fully saturated rings. The van der Waals surface area contributed by atoms with Crippen LogP contribution in [0.4, 0.5) is 4.79 Å². The number of hydrogen-bond acceptors (Lipinski definition) is 3. The lowest BCUT2D eigenvalue weighted by Crippen LogP contribution is -2.11. The van der Waals surface area contributed by atoms with Gasteiger partial charge in [-0.1, -0.05) is 58.1 Å². The van der Waals surface area contributed by atoms with Crippen LogP contribution in [0.15, 0.2) is 24.3 Å². The second-order valence-electron chi connectivity index (χ2n) is 5.36. The normalized spacial score (nSPS) is 10.4. The topological polar surface area (TPSA) is 35.5 Å². The van der Waals surface area contributed by atoms with E-state index in [9.17, 15) is 4.79 Å². The van der Waals surface area contributed by atoms with Gasteiger partial charge in [0.2, 0.25) is 0 Å². The van der Waals surface area contributed by atoms with Gasteiger partial charge in [0.05, 0.1) is 6.61 Å². The maximum absolute atomic E-state index is 11.5. The molecule has 0 radical (unpaired) electrons. The molecule has 0 aliphatic rings. The Bertz CT molecular complexity index is 384. The molecule has 118 valence electrons. The van der Waals surface area contributed by atoms with Crippen molar-refractivity contribution in [2.45, 2.75) is 65.2 Å². The third-order valence-corrected chi connectivity index (χ3v) is 3.41. The van der Waals surface area contributed by atoms with Crippen LogP contribution in [0, 0.1) is 0 Å². The average molecular weight is 292 g/mol. The highest BCUT2D eigenvalue weighted by molar-refractivity contribution is 5.63. The highest BCUT2D eigenvalue weighted by Gasteiger charge is 2.05. The van der Waals surface area contributed by atoms with E-state index in [0.717, 1.165) is 19.3 Å². The zero-order valence-electron chi connectivity index (χ0n) is 13.4. The fourth-order valence-corrected chi connectivity index (χ4v) is 2.09. The Balaban J connectivity index is 2.18. The number of ether oxygens (including phenoxy) is 2. The molecule has 3 nitrogen and oxygen atoms in total. The van der Waals surface area contributed by atoms with Gasteiger partial charge in [0, 0.05) is 0 Å². The summed E-state index contributed by atoms with van der Waals surface area (Å²) in [6.07, 6.45) is 8.51. The summed E-state index contributed by atoms with van der Waals surface area (Å²) in [7, 11) is 0. The minimum absolute atomic E-state index is 0.442. The Morgan fingerprint density at radius 3 is 2.24 bits per heavy atom. The standard InChI is InChI=1S/C18H28O3/c1-3-5-7-8-9-15-20-18(19)21-17-13-11-16(12-14-17)10-6-4-2/h11-14H,3-10,15H2,1-2H3. The Hall–Kier alpha value is -1.51. The van der Waals surface area contributed by atoms with Crippen molar-refractivity contribution >= 4 is 6.16 Å². The molecule has 0 unspecified atom stereocenters. The van der Waals surface area contributed by atoms with Crippen LogP contribution in [0.5, 0.6) is 5.75 Å². The van der Waals surface area contributed by atoms with E-state index in [4.69, 9.17) is 9.47 Å². The lowest BCUT2D eigenvalue weighted by atomic mass is 10.1. The van der Waals surface area contributed by atoms with Crippen LogP contribution < -0.4 is 4.74 Å². The summed E-state index contributed by atoms with van der Waals surface area (Å²) in [6, 6.07) is 7.66. The smallest absolute Gasteiger partial charge is 0.434 e. The third kappa shape index (κ3) is 8.38. The molecule has 0 saturated heterocycles. The Morgan fingerprint density at radius 1 is 0.905 bits per heavy atom. The molecule has 0 spiro atoms. The molecule has 0 saturated carbocycles. The van der Waals surface area contributed by atoms with E-state index < -0.39 is 6.16 Å². The van der Waals surface area contributed by atoms with Gasteiger partial charge in [-0.15, -0.1) is 0 Å². The van der Waals surface area contributed by atoms with Gasteiger partial charge in [0.1, 0.15) is 5.75 Å². The SMILES string of the molecule is CCCCCCCOC(=O)Oc1ccc(CCCC)cc1. The highest BCUT2D eigenvalue weighted by Crippen LogP contribution is 2.14. The maximum Gasteiger partial charge on any atom is 0.513 e. The van der Waals surface area contributed by atoms with Crippen LogP contribution in [0.2, 0.25) is 0 Å². The largest absolute Gasteiger partial charge is 0.513 e. The van der Waals surface area contributed by atoms with Gasteiger partial charge in [0.15, 0.2) is 0 Å². The Morgan fingerprint density at radius 2 is 1.57 bits per heavy atom. The Kier molecular flexibility index (Phi) is 9.34. The average Bonchev–Trinajstić information content (AvgIpc) is 2.50. The predicted octanol–water partition coefficient (Wildman–Crippen LogP) is 5.52. The van der Waals surface area contributed by atoms with Crippen molar-refractivity contribution in [3.63, 3.8) is 0 Å². The number of benzene rings is 1. The third-order valence-electron chi connectivity index (χ3n) is 3.41. The Labute approximate surface area is 128 Å². The molecule has 21 heavy (non-hydrogen) atoms. The molecule has 0 aliphatic heterocycles. The van der Waals surface area contributed by atoms with Crippen LogP contribution in [-0.2, 0) is 11.2 Å². The van der Waals surface area contributed by atoms with Crippen LogP contribution in [0.1, 0.15) is 64.4 Å². The first kappa shape index (κ1) is 17.5. The summed E-state index contributed by atoms with van der Waals surface area (Å²) in [4.78, 5) is 11.5. The number of rotatable bonds is 10. The molecule has 1 rings (SSSR count). The second-order valence-corrected chi connectivity index (χ2v) is 5.36. The van der Waals surface area contributed by atoms with Gasteiger partial charge in [0.25, 0.3) is 0 Å². The van der Waals surface area contributed by atoms with Gasteiger partial charge in [-0.3, -0.25) is 0 Å². The van der Waals surface area contributed by atoms with Gasteiger partial charge < -0.3 is 9.47 Å². The summed E-state index contributed by atoms with van der Waals surface area (Å²) < 4.78 is 10.2. The molecule has 1 aromatic rings. The van der Waals surface area contributed by atoms with Crippen molar-refractivity contribution in [1.82, 2.24) is 0 Å². The summed E-state index contributed by atoms with van der Waals surface area (Å²) in [6.45, 7) is 4.80. The van der Waals surface area contributed by atoms with E-state index in [-0.39, 0.29) is 0 Å².